The van der Waals surface area contributed by atoms with Gasteiger partial charge in [-0.1, -0.05) is 41.7 Å². The number of thiazole rings is 1. The summed E-state index contributed by atoms with van der Waals surface area (Å²) in [7, 11) is -7.09. The summed E-state index contributed by atoms with van der Waals surface area (Å²) in [5, 5.41) is 0.407. The van der Waals surface area contributed by atoms with Crippen LogP contribution in [0, 0.1) is 0 Å². The standard InChI is InChI=1S/C26H25N3O6S3/c1-37(31,32)22-11-12-23-24(17-22)36-26(27-23)29(18-19-5-3-2-4-6-19)25(30)20-7-9-21(10-8-20)38(33,34)28-13-15-35-16-14-28/h2-12,17H,13-16,18H2,1H3. The van der Waals surface area contributed by atoms with E-state index in [4.69, 9.17) is 4.74 Å². The Morgan fingerprint density at radius 2 is 1.61 bits per heavy atom. The highest BCUT2D eigenvalue weighted by Crippen LogP contribution is 2.32. The van der Waals surface area contributed by atoms with Gasteiger partial charge in [-0.3, -0.25) is 9.69 Å². The van der Waals surface area contributed by atoms with Crippen molar-refractivity contribution in [2.75, 3.05) is 37.5 Å². The molecule has 12 heteroatoms. The van der Waals surface area contributed by atoms with Crippen LogP contribution in [-0.2, 0) is 31.1 Å². The number of nitrogens with zero attached hydrogens (tertiary/aromatic N) is 3. The van der Waals surface area contributed by atoms with Crippen LogP contribution in [0.15, 0.2) is 82.6 Å². The Hall–Kier alpha value is -3.16. The van der Waals surface area contributed by atoms with Gasteiger partial charge in [0.25, 0.3) is 5.91 Å². The number of ether oxygens (including phenoxy) is 1. The van der Waals surface area contributed by atoms with E-state index < -0.39 is 19.9 Å². The zero-order valence-corrected chi connectivity index (χ0v) is 22.9. The molecule has 1 aliphatic rings. The van der Waals surface area contributed by atoms with Crippen LogP contribution in [0.2, 0.25) is 0 Å². The van der Waals surface area contributed by atoms with E-state index in [9.17, 15) is 21.6 Å². The number of fused-ring (bicyclic) bond motifs is 1. The molecule has 198 valence electrons. The number of hydrogen-bond donors (Lipinski definition) is 0. The Morgan fingerprint density at radius 3 is 2.26 bits per heavy atom. The number of hydrogen-bond acceptors (Lipinski definition) is 8. The normalized spacial score (nSPS) is 15.0. The molecule has 0 N–H and O–H groups in total. The first-order valence-electron chi connectivity index (χ1n) is 11.8. The van der Waals surface area contributed by atoms with Gasteiger partial charge >= 0.3 is 0 Å². The minimum absolute atomic E-state index is 0.110. The minimum atomic E-state index is -3.69. The van der Waals surface area contributed by atoms with Crippen molar-refractivity contribution in [2.45, 2.75) is 16.3 Å². The molecule has 1 amide bonds. The van der Waals surface area contributed by atoms with Crippen LogP contribution in [0.5, 0.6) is 0 Å². The second-order valence-electron chi connectivity index (χ2n) is 8.82. The van der Waals surface area contributed by atoms with Crippen LogP contribution in [0.25, 0.3) is 10.2 Å². The molecule has 9 nitrogen and oxygen atoms in total. The number of morpholine rings is 1. The van der Waals surface area contributed by atoms with Crippen molar-refractivity contribution < 1.29 is 26.4 Å². The maximum atomic E-state index is 13.7. The summed E-state index contributed by atoms with van der Waals surface area (Å²) in [4.78, 5) is 20.2. The molecule has 4 aromatic rings. The first-order chi connectivity index (χ1) is 18.1. The highest BCUT2D eigenvalue weighted by atomic mass is 32.2. The fourth-order valence-electron chi connectivity index (χ4n) is 4.09. The summed E-state index contributed by atoms with van der Waals surface area (Å²) >= 11 is 1.22. The fraction of sp³-hybridized carbons (Fsp3) is 0.231. The molecule has 0 aliphatic carbocycles. The predicted octanol–water partition coefficient (Wildman–Crippen LogP) is 3.57. The van der Waals surface area contributed by atoms with Gasteiger partial charge in [0, 0.05) is 24.9 Å². The Kier molecular flexibility index (Phi) is 7.34. The molecule has 1 saturated heterocycles. The van der Waals surface area contributed by atoms with Crippen molar-refractivity contribution in [3.63, 3.8) is 0 Å². The van der Waals surface area contributed by atoms with Crippen LogP contribution in [0.4, 0.5) is 5.13 Å². The van der Waals surface area contributed by atoms with E-state index in [1.807, 2.05) is 30.3 Å². The topological polar surface area (TPSA) is 114 Å². The van der Waals surface area contributed by atoms with Crippen LogP contribution in [0.1, 0.15) is 15.9 Å². The number of rotatable bonds is 7. The van der Waals surface area contributed by atoms with Crippen molar-refractivity contribution in [2.24, 2.45) is 0 Å². The van der Waals surface area contributed by atoms with Crippen LogP contribution >= 0.6 is 11.3 Å². The van der Waals surface area contributed by atoms with Gasteiger partial charge in [-0.05, 0) is 48.0 Å². The molecule has 0 spiro atoms. The molecule has 0 saturated carbocycles. The molecule has 0 bridgehead atoms. The van der Waals surface area contributed by atoms with Crippen LogP contribution in [-0.4, -0.2) is 64.6 Å². The largest absolute Gasteiger partial charge is 0.379 e. The maximum Gasteiger partial charge on any atom is 0.260 e. The molecule has 0 atom stereocenters. The Balaban J connectivity index is 1.49. The molecule has 1 aromatic heterocycles. The summed E-state index contributed by atoms with van der Waals surface area (Å²) in [5.41, 5.74) is 1.76. The van der Waals surface area contributed by atoms with Crippen molar-refractivity contribution in [3.8, 4) is 0 Å². The van der Waals surface area contributed by atoms with Gasteiger partial charge in [-0.25, -0.2) is 21.8 Å². The zero-order valence-electron chi connectivity index (χ0n) is 20.5. The lowest BCUT2D eigenvalue weighted by atomic mass is 10.1. The molecular formula is C26H25N3O6S3. The second-order valence-corrected chi connectivity index (χ2v) is 13.8. The monoisotopic (exact) mass is 571 g/mol. The smallest absolute Gasteiger partial charge is 0.260 e. The average molecular weight is 572 g/mol. The Bertz CT molecular complexity index is 1680. The third-order valence-corrected chi connectivity index (χ3v) is 10.2. The maximum absolute atomic E-state index is 13.7. The minimum Gasteiger partial charge on any atom is -0.379 e. The van der Waals surface area contributed by atoms with Crippen molar-refractivity contribution in [1.82, 2.24) is 9.29 Å². The quantitative estimate of drug-likeness (QED) is 0.333. The number of sulfone groups is 1. The lowest BCUT2D eigenvalue weighted by molar-refractivity contribution is 0.0730. The van der Waals surface area contributed by atoms with E-state index in [0.29, 0.717) is 34.1 Å². The van der Waals surface area contributed by atoms with Gasteiger partial charge in [-0.15, -0.1) is 0 Å². The lowest BCUT2D eigenvalue weighted by Gasteiger charge is -2.26. The number of aromatic nitrogens is 1. The number of sulfonamides is 1. The van der Waals surface area contributed by atoms with E-state index in [1.54, 1.807) is 12.1 Å². The Morgan fingerprint density at radius 1 is 0.947 bits per heavy atom. The molecule has 38 heavy (non-hydrogen) atoms. The highest BCUT2D eigenvalue weighted by Gasteiger charge is 2.27. The molecule has 0 unspecified atom stereocenters. The Labute approximate surface area is 225 Å². The van der Waals surface area contributed by atoms with E-state index in [2.05, 4.69) is 4.98 Å². The SMILES string of the molecule is CS(=O)(=O)c1ccc2nc(N(Cc3ccccc3)C(=O)c3ccc(S(=O)(=O)N4CCOCC4)cc3)sc2c1. The third kappa shape index (κ3) is 5.49. The molecule has 5 rings (SSSR count). The van der Waals surface area contributed by atoms with E-state index in [0.717, 1.165) is 11.8 Å². The highest BCUT2D eigenvalue weighted by molar-refractivity contribution is 7.90. The number of carbonyl (C=O) groups is 1. The summed E-state index contributed by atoms with van der Waals surface area (Å²) in [5.74, 6) is -0.355. The zero-order chi connectivity index (χ0) is 26.9. The van der Waals surface area contributed by atoms with Gasteiger partial charge in [0.1, 0.15) is 0 Å². The lowest BCUT2D eigenvalue weighted by Crippen LogP contribution is -2.40. The predicted molar refractivity (Wildman–Crippen MR) is 146 cm³/mol. The third-order valence-electron chi connectivity index (χ3n) is 6.15. The number of anilines is 1. The summed E-state index contributed by atoms with van der Waals surface area (Å²) in [6, 6.07) is 20.0. The molecular weight excluding hydrogens is 547 g/mol. The summed E-state index contributed by atoms with van der Waals surface area (Å²) in [6.07, 6.45) is 1.14. The van der Waals surface area contributed by atoms with Crippen molar-refractivity contribution in [1.29, 1.82) is 0 Å². The second kappa shape index (κ2) is 10.5. The van der Waals surface area contributed by atoms with Crippen molar-refractivity contribution >= 4 is 52.5 Å². The van der Waals surface area contributed by atoms with E-state index >= 15 is 0 Å². The van der Waals surface area contributed by atoms with Gasteiger partial charge in [-0.2, -0.15) is 4.31 Å². The summed E-state index contributed by atoms with van der Waals surface area (Å²) < 4.78 is 57.3. The first kappa shape index (κ1) is 26.4. The molecule has 0 radical (unpaired) electrons. The molecule has 1 fully saturated rings. The fourth-order valence-corrected chi connectivity index (χ4v) is 7.22. The van der Waals surface area contributed by atoms with Gasteiger partial charge < -0.3 is 4.74 Å². The number of carbonyl (C=O) groups excluding carboxylic acids is 1. The molecule has 1 aliphatic heterocycles. The summed E-state index contributed by atoms with van der Waals surface area (Å²) in [6.45, 7) is 1.49. The van der Waals surface area contributed by atoms with E-state index in [1.165, 1.54) is 50.9 Å². The van der Waals surface area contributed by atoms with Crippen LogP contribution in [0.3, 0.4) is 0 Å². The van der Waals surface area contributed by atoms with Crippen LogP contribution < -0.4 is 4.90 Å². The first-order valence-corrected chi connectivity index (χ1v) is 15.9. The number of benzene rings is 3. The van der Waals surface area contributed by atoms with E-state index in [-0.39, 0.29) is 35.3 Å². The average Bonchev–Trinajstić information content (AvgIpc) is 3.35. The van der Waals surface area contributed by atoms with Gasteiger partial charge in [0.05, 0.1) is 39.8 Å². The van der Waals surface area contributed by atoms with Crippen molar-refractivity contribution in [3.05, 3.63) is 83.9 Å². The van der Waals surface area contributed by atoms with Gasteiger partial charge in [0.15, 0.2) is 15.0 Å². The number of amides is 1. The molecule has 3 aromatic carbocycles. The van der Waals surface area contributed by atoms with Gasteiger partial charge in [0.2, 0.25) is 10.0 Å². The molecule has 2 heterocycles.